The lowest BCUT2D eigenvalue weighted by atomic mass is 10.0. The molecule has 4 rings (SSSR count). The van der Waals surface area contributed by atoms with Crippen LogP contribution in [0.3, 0.4) is 0 Å². The molecule has 0 saturated carbocycles. The van der Waals surface area contributed by atoms with E-state index in [0.717, 1.165) is 12.1 Å². The molecule has 0 spiro atoms. The van der Waals surface area contributed by atoms with Gasteiger partial charge in [-0.15, -0.1) is 0 Å². The number of nitro groups is 2. The van der Waals surface area contributed by atoms with Crippen LogP contribution in [0.1, 0.15) is 98.0 Å². The Morgan fingerprint density at radius 2 is 1.38 bits per heavy atom. The number of anilines is 1. The van der Waals surface area contributed by atoms with E-state index in [-0.39, 0.29) is 87.1 Å². The fraction of sp³-hybridized carbons (Fsp3) is 0.545. The lowest BCUT2D eigenvalue weighted by Crippen LogP contribution is -2.59. The molecule has 1 aliphatic rings. The number of non-ortho nitro benzene ring substituents is 1. The molecule has 9 amide bonds. The van der Waals surface area contributed by atoms with Crippen LogP contribution < -0.4 is 75.8 Å². The summed E-state index contributed by atoms with van der Waals surface area (Å²) < 4.78 is 10.6. The lowest BCUT2D eigenvalue weighted by molar-refractivity contribution is -0.393. The summed E-state index contributed by atoms with van der Waals surface area (Å²) in [7, 11) is 1.45. The molecule has 0 bridgehead atoms. The SMILES string of the molecule is COc1ccc2c(CC(=O)NC(CCCCN)C(=O)N3CCCC3C(=O)NC(CC(C)C)C(=O)NCC(=O)NC(CC(C)C)C(=O)NC(CNc3ccc([N+](=O)[O-])cc3[N+](=O)[O-])C(=O)NC(C)C(=O)NC(CCCN=C(N)N)C(N)=O)cc(=O)oc2c1. The van der Waals surface area contributed by atoms with Crippen LogP contribution in [-0.2, 0) is 49.6 Å². The summed E-state index contributed by atoms with van der Waals surface area (Å²) in [6.45, 7) is 7.51. The van der Waals surface area contributed by atoms with Gasteiger partial charge in [-0.05, 0) is 107 Å². The zero-order valence-corrected chi connectivity index (χ0v) is 49.5. The first-order valence-corrected chi connectivity index (χ1v) is 28.3. The van der Waals surface area contributed by atoms with Crippen molar-refractivity contribution in [1.82, 2.24) is 42.1 Å². The zero-order chi connectivity index (χ0) is 64.7. The van der Waals surface area contributed by atoms with Gasteiger partial charge in [-0.3, -0.25) is 68.4 Å². The summed E-state index contributed by atoms with van der Waals surface area (Å²) in [6.07, 6.45) is 1.79. The van der Waals surface area contributed by atoms with Crippen LogP contribution in [0, 0.1) is 32.1 Å². The predicted molar refractivity (Wildman–Crippen MR) is 317 cm³/mol. The molecule has 16 N–H and O–H groups in total. The highest BCUT2D eigenvalue weighted by Crippen LogP contribution is 2.29. The van der Waals surface area contributed by atoms with Gasteiger partial charge in [0, 0.05) is 43.2 Å². The molecule has 1 saturated heterocycles. The van der Waals surface area contributed by atoms with Gasteiger partial charge in [-0.2, -0.15) is 0 Å². The minimum Gasteiger partial charge on any atom is -0.497 e. The number of nitrogens with one attached hydrogen (secondary N) is 8. The van der Waals surface area contributed by atoms with E-state index in [4.69, 9.17) is 32.1 Å². The third-order valence-electron chi connectivity index (χ3n) is 13.8. The fourth-order valence-electron chi connectivity index (χ4n) is 9.46. The summed E-state index contributed by atoms with van der Waals surface area (Å²) in [5.41, 5.74) is 20.1. The number of unbranched alkanes of at least 4 members (excludes halogenated alkanes) is 1. The number of methoxy groups -OCH3 is 1. The van der Waals surface area contributed by atoms with Gasteiger partial charge in [0.2, 0.25) is 53.2 Å². The maximum absolute atomic E-state index is 14.3. The van der Waals surface area contributed by atoms with Crippen LogP contribution in [0.15, 0.2) is 56.7 Å². The van der Waals surface area contributed by atoms with Crippen molar-refractivity contribution >= 4 is 87.2 Å². The van der Waals surface area contributed by atoms with Crippen molar-refractivity contribution in [2.45, 2.75) is 141 Å². The summed E-state index contributed by atoms with van der Waals surface area (Å²) in [5.74, 6) is -7.48. The van der Waals surface area contributed by atoms with Gasteiger partial charge in [-0.1, -0.05) is 27.7 Å². The van der Waals surface area contributed by atoms with E-state index in [1.807, 2.05) is 0 Å². The highest BCUT2D eigenvalue weighted by atomic mass is 16.6. The zero-order valence-electron chi connectivity index (χ0n) is 49.5. The number of likely N-dealkylation sites (tertiary alicyclic amines) is 1. The molecule has 32 nitrogen and oxygen atoms in total. The average molecular weight is 1220 g/mol. The number of aliphatic imine (C=N–C) groups is 1. The summed E-state index contributed by atoms with van der Waals surface area (Å²) >= 11 is 0. The van der Waals surface area contributed by atoms with Crippen LogP contribution in [-0.4, -0.2) is 156 Å². The highest BCUT2D eigenvalue weighted by Gasteiger charge is 2.39. The van der Waals surface area contributed by atoms with Crippen molar-refractivity contribution in [3.05, 3.63) is 78.7 Å². The Balaban J connectivity index is 1.48. The van der Waals surface area contributed by atoms with Crippen molar-refractivity contribution < 1.29 is 62.2 Å². The quantitative estimate of drug-likeness (QED) is 0.00845. The van der Waals surface area contributed by atoms with Gasteiger partial charge >= 0.3 is 5.63 Å². The van der Waals surface area contributed by atoms with E-state index < -0.39 is 135 Å². The highest BCUT2D eigenvalue weighted by molar-refractivity contribution is 5.98. The maximum atomic E-state index is 14.3. The first-order valence-electron chi connectivity index (χ1n) is 28.3. The van der Waals surface area contributed by atoms with Gasteiger partial charge in [0.15, 0.2) is 5.96 Å². The standard InChI is InChI=1S/C55H80N16O16/c1-29(2)21-39(67-53(80)42-13-10-20-69(42)54(81)38(11-7-8-18-56)64-45(72)23-32-24-47(74)87-44-26-34(86-6)15-16-35(32)44)50(77)62-28-46(73)65-40(22-30(3)4)51(78)68-41(27-61-36-17-14-33(70(82)83)25-43(36)71(84)85)52(79)63-31(5)49(76)66-37(48(57)75)12-9-19-60-55(58)59/h14-17,24-26,29-31,37-42,61H,7-13,18-23,27-28,56H2,1-6H3,(H2,57,75)(H,62,77)(H,63,79)(H,64,72)(H,65,73)(H,66,76)(H,67,80)(H,68,78)(H4,58,59,60). The minimum atomic E-state index is -1.69. The smallest absolute Gasteiger partial charge is 0.336 e. The van der Waals surface area contributed by atoms with E-state index in [1.165, 1.54) is 31.1 Å². The Bertz CT molecular complexity index is 3080. The first-order chi connectivity index (χ1) is 41.1. The number of guanidine groups is 1. The van der Waals surface area contributed by atoms with Crippen LogP contribution in [0.2, 0.25) is 0 Å². The monoisotopic (exact) mass is 1220 g/mol. The third kappa shape index (κ3) is 22.1. The molecular formula is C55H80N16O16. The van der Waals surface area contributed by atoms with E-state index in [0.29, 0.717) is 48.6 Å². The Morgan fingerprint density at radius 1 is 0.736 bits per heavy atom. The number of nitrogens with two attached hydrogens (primary N) is 4. The first kappa shape index (κ1) is 70.0. The number of nitro benzene ring substituents is 2. The second-order valence-electron chi connectivity index (χ2n) is 21.7. The van der Waals surface area contributed by atoms with Gasteiger partial charge in [-0.25, -0.2) is 4.79 Å². The second kappa shape index (κ2) is 33.9. The predicted octanol–water partition coefficient (Wildman–Crippen LogP) is -0.931. The molecule has 1 aliphatic heterocycles. The molecule has 0 radical (unpaired) electrons. The van der Waals surface area contributed by atoms with Gasteiger partial charge in [0.1, 0.15) is 59.3 Å². The third-order valence-corrected chi connectivity index (χ3v) is 13.8. The number of ether oxygens (including phenoxy) is 1. The summed E-state index contributed by atoms with van der Waals surface area (Å²) in [4.78, 5) is 163. The number of primary amides is 1. The van der Waals surface area contributed by atoms with Crippen LogP contribution in [0.5, 0.6) is 5.75 Å². The molecule has 3 aromatic rings. The molecule has 1 fully saturated rings. The van der Waals surface area contributed by atoms with Crippen LogP contribution >= 0.6 is 0 Å². The molecule has 32 heteroatoms. The Kier molecular flexibility index (Phi) is 27.2. The van der Waals surface area contributed by atoms with E-state index in [2.05, 4.69) is 47.5 Å². The fourth-order valence-corrected chi connectivity index (χ4v) is 9.46. The van der Waals surface area contributed by atoms with Gasteiger partial charge < -0.3 is 79.5 Å². The number of hydrogen-bond donors (Lipinski definition) is 12. The average Bonchev–Trinajstić information content (AvgIpc) is 2.93. The van der Waals surface area contributed by atoms with Gasteiger partial charge in [0.05, 0.1) is 36.0 Å². The molecule has 7 atom stereocenters. The number of carbonyl (C=O) groups is 9. The Morgan fingerprint density at radius 3 is 2.00 bits per heavy atom. The van der Waals surface area contributed by atoms with E-state index >= 15 is 0 Å². The molecule has 7 unspecified atom stereocenters. The van der Waals surface area contributed by atoms with Crippen molar-refractivity contribution in [2.75, 3.05) is 45.2 Å². The number of carbonyl (C=O) groups excluding carboxylic acids is 9. The number of fused-ring (bicyclic) bond motifs is 1. The van der Waals surface area contributed by atoms with Crippen molar-refractivity contribution in [2.24, 2.45) is 39.8 Å². The Hall–Kier alpha value is -9.49. The van der Waals surface area contributed by atoms with E-state index in [1.54, 1.807) is 39.8 Å². The van der Waals surface area contributed by atoms with Crippen molar-refractivity contribution in [1.29, 1.82) is 0 Å². The topological polar surface area (TPSA) is 495 Å². The second-order valence-corrected chi connectivity index (χ2v) is 21.7. The number of nitrogens with zero attached hydrogens (tertiary/aromatic N) is 4. The minimum absolute atomic E-state index is 0.0139. The Labute approximate surface area is 500 Å². The van der Waals surface area contributed by atoms with Crippen molar-refractivity contribution in [3.8, 4) is 5.75 Å². The number of rotatable bonds is 35. The molecule has 2 heterocycles. The number of benzene rings is 2. The van der Waals surface area contributed by atoms with Crippen LogP contribution in [0.25, 0.3) is 11.0 Å². The molecule has 0 aliphatic carbocycles. The number of amides is 9. The maximum Gasteiger partial charge on any atom is 0.336 e. The van der Waals surface area contributed by atoms with Gasteiger partial charge in [0.25, 0.3) is 11.4 Å². The molecule has 476 valence electrons. The summed E-state index contributed by atoms with van der Waals surface area (Å²) in [5, 5.41) is 44.4. The molecular weight excluding hydrogens is 1140 g/mol. The molecule has 87 heavy (non-hydrogen) atoms. The number of hydrogen-bond acceptors (Lipinski definition) is 19. The summed E-state index contributed by atoms with van der Waals surface area (Å²) in [6, 6.07) is -0.420. The van der Waals surface area contributed by atoms with Crippen molar-refractivity contribution in [3.63, 3.8) is 0 Å². The van der Waals surface area contributed by atoms with E-state index in [9.17, 15) is 68.2 Å². The largest absolute Gasteiger partial charge is 0.497 e. The molecule has 1 aromatic heterocycles. The lowest BCUT2D eigenvalue weighted by Gasteiger charge is -2.30. The molecule has 2 aromatic carbocycles. The van der Waals surface area contributed by atoms with Crippen LogP contribution in [0.4, 0.5) is 17.1 Å². The normalized spacial score (nSPS) is 14.9.